The van der Waals surface area contributed by atoms with Crippen LogP contribution in [0.3, 0.4) is 0 Å². The molecule has 29 heavy (non-hydrogen) atoms. The first kappa shape index (κ1) is 27.1. The van der Waals surface area contributed by atoms with Crippen molar-refractivity contribution in [1.82, 2.24) is 16.0 Å². The lowest BCUT2D eigenvalue weighted by Gasteiger charge is -2.18. The van der Waals surface area contributed by atoms with Crippen LogP contribution >= 0.6 is 7.82 Å². The molecule has 0 saturated heterocycles. The number of phosphoric ester groups is 1. The summed E-state index contributed by atoms with van der Waals surface area (Å²) in [5, 5.41) is 7.75. The Morgan fingerprint density at radius 2 is 1.52 bits per heavy atom. The number of rotatable bonds is 15. The van der Waals surface area contributed by atoms with E-state index in [0.29, 0.717) is 51.6 Å². The first-order valence-corrected chi connectivity index (χ1v) is 10.7. The lowest BCUT2D eigenvalue weighted by Crippen LogP contribution is -2.47. The van der Waals surface area contributed by atoms with Crippen LogP contribution in [0.15, 0.2) is 0 Å². The van der Waals surface area contributed by atoms with E-state index in [4.69, 9.17) is 9.42 Å². The summed E-state index contributed by atoms with van der Waals surface area (Å²) in [6.07, 6.45) is 2.16. The number of carbonyl (C=O) groups is 3. The number of ether oxygens (including phenoxy) is 2. The molecule has 3 amide bonds. The molecule has 0 rings (SSSR count). The molecule has 0 spiro atoms. The molecular formula is C16H32N3O9P. The average Bonchev–Trinajstić information content (AvgIpc) is 2.71. The number of unbranched alkanes of at least 4 members (excludes halogenated alkanes) is 3. The smallest absolute Gasteiger partial charge is 0.453 e. The van der Waals surface area contributed by atoms with Crippen molar-refractivity contribution in [2.45, 2.75) is 44.6 Å². The molecule has 0 radical (unpaired) electrons. The van der Waals surface area contributed by atoms with Crippen molar-refractivity contribution in [1.29, 1.82) is 0 Å². The first-order chi connectivity index (χ1) is 13.8. The van der Waals surface area contributed by atoms with Crippen molar-refractivity contribution in [3.8, 4) is 0 Å². The zero-order chi connectivity index (χ0) is 22.1. The number of carbonyl (C=O) groups excluding carboxylic acids is 3. The van der Waals surface area contributed by atoms with Gasteiger partial charge in [-0.1, -0.05) is 0 Å². The van der Waals surface area contributed by atoms with Crippen molar-refractivity contribution < 1.29 is 42.4 Å². The van der Waals surface area contributed by atoms with E-state index in [0.717, 1.165) is 7.11 Å². The minimum absolute atomic E-state index is 0.0711. The van der Waals surface area contributed by atoms with Gasteiger partial charge in [-0.25, -0.2) is 14.2 Å². The van der Waals surface area contributed by atoms with E-state index in [-0.39, 0.29) is 12.5 Å². The van der Waals surface area contributed by atoms with Crippen molar-refractivity contribution in [2.75, 3.05) is 41.0 Å². The molecule has 0 aromatic carbocycles. The van der Waals surface area contributed by atoms with Crippen molar-refractivity contribution in [3.05, 3.63) is 0 Å². The van der Waals surface area contributed by atoms with Crippen LogP contribution in [0.1, 0.15) is 38.5 Å². The Hall–Kier alpha value is -1.88. The predicted molar refractivity (Wildman–Crippen MR) is 103 cm³/mol. The molecule has 170 valence electrons. The molecular weight excluding hydrogens is 409 g/mol. The maximum Gasteiger partial charge on any atom is 0.471 e. The van der Waals surface area contributed by atoms with Crippen molar-refractivity contribution >= 4 is 25.9 Å². The summed E-state index contributed by atoms with van der Waals surface area (Å²) in [5.41, 5.74) is 0. The largest absolute Gasteiger partial charge is 0.471 e. The van der Waals surface area contributed by atoms with E-state index in [2.05, 4.69) is 29.9 Å². The fourth-order valence-electron chi connectivity index (χ4n) is 2.18. The van der Waals surface area contributed by atoms with E-state index in [1.54, 1.807) is 0 Å². The number of phosphoric acid groups is 1. The summed E-state index contributed by atoms with van der Waals surface area (Å²) in [6.45, 7) is 0.843. The molecule has 12 nitrogen and oxygen atoms in total. The van der Waals surface area contributed by atoms with E-state index >= 15 is 0 Å². The summed E-state index contributed by atoms with van der Waals surface area (Å²) < 4.78 is 29.1. The average molecular weight is 441 g/mol. The topological polar surface area (TPSA) is 162 Å². The molecule has 0 fully saturated rings. The summed E-state index contributed by atoms with van der Waals surface area (Å²) >= 11 is 0. The molecule has 0 aliphatic rings. The second-order valence-corrected chi connectivity index (χ2v) is 7.50. The Kier molecular flexibility index (Phi) is 14.9. The molecule has 0 aromatic rings. The van der Waals surface area contributed by atoms with Gasteiger partial charge in [0, 0.05) is 20.2 Å². The second kappa shape index (κ2) is 16.0. The summed E-state index contributed by atoms with van der Waals surface area (Å²) in [7, 11) is -0.381. The van der Waals surface area contributed by atoms with Crippen LogP contribution in [0.5, 0.6) is 0 Å². The van der Waals surface area contributed by atoms with Gasteiger partial charge in [0.2, 0.25) is 5.91 Å². The molecule has 0 heterocycles. The summed E-state index contributed by atoms with van der Waals surface area (Å²) in [4.78, 5) is 43.8. The van der Waals surface area contributed by atoms with Gasteiger partial charge < -0.3 is 30.3 Å². The highest BCUT2D eigenvalue weighted by Crippen LogP contribution is 2.41. The van der Waals surface area contributed by atoms with Gasteiger partial charge in [-0.3, -0.25) is 13.8 Å². The minimum atomic E-state index is -3.95. The number of nitrogens with one attached hydrogen (secondary N) is 3. The Balaban J connectivity index is 4.12. The maximum atomic E-state index is 12.3. The third-order valence-electron chi connectivity index (χ3n) is 3.77. The zero-order valence-electron chi connectivity index (χ0n) is 17.1. The van der Waals surface area contributed by atoms with Gasteiger partial charge in [-0.15, -0.1) is 0 Å². The molecule has 0 aliphatic heterocycles. The third-order valence-corrected chi connectivity index (χ3v) is 4.74. The van der Waals surface area contributed by atoms with Gasteiger partial charge in [-0.2, -0.15) is 0 Å². The van der Waals surface area contributed by atoms with Crippen molar-refractivity contribution in [3.63, 3.8) is 0 Å². The molecule has 13 heteroatoms. The number of amides is 3. The number of hydrogen-bond acceptors (Lipinski definition) is 8. The van der Waals surface area contributed by atoms with E-state index < -0.39 is 26.1 Å². The molecule has 0 bridgehead atoms. The highest BCUT2D eigenvalue weighted by Gasteiger charge is 2.20. The van der Waals surface area contributed by atoms with Gasteiger partial charge in [0.25, 0.3) is 0 Å². The van der Waals surface area contributed by atoms with E-state index in [1.165, 1.54) is 14.2 Å². The highest BCUT2D eigenvalue weighted by atomic mass is 31.2. The lowest BCUT2D eigenvalue weighted by atomic mass is 10.1. The standard InChI is InChI=1S/C16H32N3O9P/c1-25-15(21)18-11-7-5-9-13(19-16(22)26-2)14(20)17-10-6-4-8-12-28-29(23,24)27-3/h13H,4-12H2,1-3H3,(H,17,20)(H,18,21)(H,19,22)(H,23,24). The normalized spacial score (nSPS) is 13.7. The molecule has 2 atom stereocenters. The van der Waals surface area contributed by atoms with Gasteiger partial charge in [0.1, 0.15) is 6.04 Å². The highest BCUT2D eigenvalue weighted by molar-refractivity contribution is 7.47. The van der Waals surface area contributed by atoms with Crippen LogP contribution < -0.4 is 16.0 Å². The van der Waals surface area contributed by atoms with Crippen LogP contribution in [-0.4, -0.2) is 70.1 Å². The predicted octanol–water partition coefficient (Wildman–Crippen LogP) is 1.29. The molecule has 0 aliphatic carbocycles. The Bertz CT molecular complexity index is 548. The first-order valence-electron chi connectivity index (χ1n) is 9.22. The third kappa shape index (κ3) is 14.7. The fourth-order valence-corrected chi connectivity index (χ4v) is 2.64. The van der Waals surface area contributed by atoms with Crippen LogP contribution in [0.4, 0.5) is 9.59 Å². The SMILES string of the molecule is COC(=O)NCCCCC(NC(=O)OC)C(=O)NCCCCCOP(=O)(O)OC. The second-order valence-electron chi connectivity index (χ2n) is 5.94. The van der Waals surface area contributed by atoms with Crippen LogP contribution in [0.2, 0.25) is 0 Å². The monoisotopic (exact) mass is 441 g/mol. The van der Waals surface area contributed by atoms with Gasteiger partial charge in [0.05, 0.1) is 20.8 Å². The summed E-state index contributed by atoms with van der Waals surface area (Å²) in [5.74, 6) is -0.341. The van der Waals surface area contributed by atoms with E-state index in [1.807, 2.05) is 0 Å². The lowest BCUT2D eigenvalue weighted by molar-refractivity contribution is -0.123. The molecule has 4 N–H and O–H groups in total. The van der Waals surface area contributed by atoms with E-state index in [9.17, 15) is 18.9 Å². The fraction of sp³-hybridized carbons (Fsp3) is 0.812. The maximum absolute atomic E-state index is 12.3. The van der Waals surface area contributed by atoms with Crippen molar-refractivity contribution in [2.24, 2.45) is 0 Å². The zero-order valence-corrected chi connectivity index (χ0v) is 18.0. The van der Waals surface area contributed by atoms with Gasteiger partial charge >= 0.3 is 20.0 Å². The Morgan fingerprint density at radius 1 is 0.897 bits per heavy atom. The van der Waals surface area contributed by atoms with Crippen LogP contribution in [-0.2, 0) is 27.9 Å². The van der Waals surface area contributed by atoms with Gasteiger partial charge in [0.15, 0.2) is 0 Å². The number of hydrogen-bond donors (Lipinski definition) is 4. The Morgan fingerprint density at radius 3 is 2.14 bits per heavy atom. The number of methoxy groups -OCH3 is 2. The Labute approximate surface area is 170 Å². The minimum Gasteiger partial charge on any atom is -0.453 e. The quantitative estimate of drug-likeness (QED) is 0.217. The van der Waals surface area contributed by atoms with Crippen LogP contribution in [0.25, 0.3) is 0 Å². The van der Waals surface area contributed by atoms with Gasteiger partial charge in [-0.05, 0) is 38.5 Å². The number of alkyl carbamates (subject to hydrolysis) is 2. The molecule has 0 saturated carbocycles. The molecule has 2 unspecified atom stereocenters. The van der Waals surface area contributed by atoms with Crippen LogP contribution in [0, 0.1) is 0 Å². The molecule has 0 aromatic heterocycles. The summed E-state index contributed by atoms with van der Waals surface area (Å²) in [6, 6.07) is -0.758.